The Balaban J connectivity index is 0.000000335. The van der Waals surface area contributed by atoms with Gasteiger partial charge in [-0.2, -0.15) is 72.5 Å². The van der Waals surface area contributed by atoms with Gasteiger partial charge in [-0.3, -0.25) is 4.68 Å². The summed E-state index contributed by atoms with van der Waals surface area (Å²) >= 11 is 0. The van der Waals surface area contributed by atoms with E-state index in [1.807, 2.05) is 72.8 Å². The second-order valence-corrected chi connectivity index (χ2v) is 14.2. The van der Waals surface area contributed by atoms with Crippen LogP contribution in [0.5, 0.6) is 0 Å². The molecule has 8 aromatic rings. The summed E-state index contributed by atoms with van der Waals surface area (Å²) in [5.41, 5.74) is 10.8. The van der Waals surface area contributed by atoms with E-state index in [0.29, 0.717) is 11.8 Å². The van der Waals surface area contributed by atoms with Crippen LogP contribution in [0.25, 0.3) is 33.0 Å². The standard InChI is InChI=1S/C38H35N3.2C7H7.Zr/c1-26(2)31-22-14-23-32(27(3)4)38(31)39-37(30-18-9-6-10-19-30)34-25-36(29-16-7-5-8-17-29)41(40-34)35-24-13-20-28-15-11-12-21-33(28)35;2*1-7-5-3-2-4-6-7;/h5-23,25-27,37H,1-4H3;2*2-6H,1H2;/q-2;2*-1;+4. The molecule has 0 aliphatic carbocycles. The first-order valence-corrected chi connectivity index (χ1v) is 19.0. The fourth-order valence-corrected chi connectivity index (χ4v) is 6.53. The Kier molecular flexibility index (Phi) is 15.1. The van der Waals surface area contributed by atoms with Crippen LogP contribution < -0.4 is 0 Å². The molecule has 7 aromatic carbocycles. The van der Waals surface area contributed by atoms with Gasteiger partial charge in [0.25, 0.3) is 0 Å². The van der Waals surface area contributed by atoms with Gasteiger partial charge in [-0.25, -0.2) is 0 Å². The van der Waals surface area contributed by atoms with Crippen LogP contribution in [0, 0.1) is 19.9 Å². The molecule has 1 aromatic heterocycles. The normalized spacial score (nSPS) is 11.1. The van der Waals surface area contributed by atoms with Gasteiger partial charge in [-0.05, 0) is 29.6 Å². The van der Waals surface area contributed by atoms with Crippen molar-refractivity contribution in [1.82, 2.24) is 9.78 Å². The number of hydrogen-bond acceptors (Lipinski definition) is 1. The van der Waals surface area contributed by atoms with Gasteiger partial charge >= 0.3 is 26.2 Å². The smallest absolute Gasteiger partial charge is 0.673 e. The zero-order valence-corrected chi connectivity index (χ0v) is 35.3. The van der Waals surface area contributed by atoms with Gasteiger partial charge in [0.05, 0.1) is 11.4 Å². The van der Waals surface area contributed by atoms with E-state index in [2.05, 4.69) is 161 Å². The summed E-state index contributed by atoms with van der Waals surface area (Å²) in [6.07, 6.45) is 0. The summed E-state index contributed by atoms with van der Waals surface area (Å²) in [6, 6.07) is 65.3. The molecule has 0 bridgehead atoms. The van der Waals surface area contributed by atoms with Crippen LogP contribution in [0.15, 0.2) is 182 Å². The number of rotatable bonds is 8. The van der Waals surface area contributed by atoms with Crippen LogP contribution in [0.1, 0.15) is 79.1 Å². The van der Waals surface area contributed by atoms with Crippen molar-refractivity contribution in [2.45, 2.75) is 45.6 Å². The first-order chi connectivity index (χ1) is 26.8. The molecule has 1 atom stereocenters. The Bertz CT molecular complexity index is 2300. The van der Waals surface area contributed by atoms with Gasteiger partial charge in [0.15, 0.2) is 0 Å². The number of fused-ring (bicyclic) bond motifs is 1. The predicted molar refractivity (Wildman–Crippen MR) is 233 cm³/mol. The Morgan fingerprint density at radius 3 is 1.59 bits per heavy atom. The number of aromatic nitrogens is 2. The SMILES string of the molecule is CC(C)c1cccc(C(C)C)c1[N-]C(c1ccccc1)c1cc(-c2ccccc2)n(-c2[c-]ccc3ccccc23)n1.[CH2-]c1ccccc1.[CH2-]c1ccccc1.[Zr+4]. The molecule has 0 N–H and O–H groups in total. The molecule has 3 nitrogen and oxygen atoms in total. The second-order valence-electron chi connectivity index (χ2n) is 14.2. The van der Waals surface area contributed by atoms with Crippen molar-refractivity contribution in [3.05, 3.63) is 241 Å². The zero-order chi connectivity index (χ0) is 38.6. The monoisotopic (exact) mass is 805 g/mol. The number of para-hydroxylation sites is 1. The molecule has 4 heteroatoms. The molecular weight excluding hydrogens is 758 g/mol. The fraction of sp³-hybridized carbons (Fsp3) is 0.135. The number of nitrogens with zero attached hydrogens (tertiary/aromatic N) is 3. The van der Waals surface area contributed by atoms with Gasteiger partial charge in [0.1, 0.15) is 0 Å². The van der Waals surface area contributed by atoms with Crippen LogP contribution >= 0.6 is 0 Å². The molecule has 276 valence electrons. The van der Waals surface area contributed by atoms with Gasteiger partial charge in [-0.1, -0.05) is 154 Å². The maximum Gasteiger partial charge on any atom is 4.00 e. The van der Waals surface area contributed by atoms with Crippen molar-refractivity contribution in [1.29, 1.82) is 0 Å². The molecule has 0 saturated heterocycles. The minimum absolute atomic E-state index is 0. The van der Waals surface area contributed by atoms with E-state index in [4.69, 9.17) is 10.4 Å². The first-order valence-electron chi connectivity index (χ1n) is 19.0. The molecular formula is C52H49N3Zr. The summed E-state index contributed by atoms with van der Waals surface area (Å²) in [4.78, 5) is 0. The summed E-state index contributed by atoms with van der Waals surface area (Å²) in [5.74, 6) is 0.707. The van der Waals surface area contributed by atoms with Gasteiger partial charge in [0, 0.05) is 5.56 Å². The van der Waals surface area contributed by atoms with E-state index in [9.17, 15) is 0 Å². The van der Waals surface area contributed by atoms with Crippen LogP contribution in [0.3, 0.4) is 0 Å². The van der Waals surface area contributed by atoms with Crippen LogP contribution in [0.2, 0.25) is 0 Å². The fourth-order valence-electron chi connectivity index (χ4n) is 6.53. The maximum absolute atomic E-state index is 5.56. The summed E-state index contributed by atoms with van der Waals surface area (Å²) in [5, 5.41) is 13.2. The summed E-state index contributed by atoms with van der Waals surface area (Å²) < 4.78 is 2.05. The minimum atomic E-state index is -0.271. The Hall–Kier alpha value is -5.57. The quantitative estimate of drug-likeness (QED) is 0.141. The van der Waals surface area contributed by atoms with Crippen LogP contribution in [-0.4, -0.2) is 9.78 Å². The molecule has 0 fully saturated rings. The Labute approximate surface area is 353 Å². The largest absolute Gasteiger partial charge is 4.00 e. The van der Waals surface area contributed by atoms with E-state index in [0.717, 1.165) is 55.8 Å². The average Bonchev–Trinajstić information content (AvgIpc) is 3.66. The molecule has 0 aliphatic rings. The van der Waals surface area contributed by atoms with E-state index in [-0.39, 0.29) is 32.2 Å². The molecule has 1 unspecified atom stereocenters. The molecule has 56 heavy (non-hydrogen) atoms. The van der Waals surface area contributed by atoms with Crippen molar-refractivity contribution in [2.24, 2.45) is 0 Å². The third-order valence-electron chi connectivity index (χ3n) is 9.39. The molecule has 1 heterocycles. The van der Waals surface area contributed by atoms with Gasteiger partial charge in [0.2, 0.25) is 0 Å². The molecule has 0 radical (unpaired) electrons. The molecule has 0 aliphatic heterocycles. The summed E-state index contributed by atoms with van der Waals surface area (Å²) in [7, 11) is 0. The van der Waals surface area contributed by atoms with Crippen molar-refractivity contribution in [3.8, 4) is 16.9 Å². The van der Waals surface area contributed by atoms with E-state index in [1.165, 1.54) is 11.1 Å². The van der Waals surface area contributed by atoms with Crippen LogP contribution in [-0.2, 0) is 26.2 Å². The molecule has 0 amide bonds. The van der Waals surface area contributed by atoms with Crippen molar-refractivity contribution < 1.29 is 26.2 Å². The zero-order valence-electron chi connectivity index (χ0n) is 32.8. The molecule has 0 spiro atoms. The van der Waals surface area contributed by atoms with Crippen molar-refractivity contribution in [2.75, 3.05) is 0 Å². The van der Waals surface area contributed by atoms with Crippen LogP contribution in [0.4, 0.5) is 5.69 Å². The Morgan fingerprint density at radius 2 is 1.07 bits per heavy atom. The summed E-state index contributed by atoms with van der Waals surface area (Å²) in [6.45, 7) is 16.4. The first kappa shape index (κ1) is 41.6. The van der Waals surface area contributed by atoms with Gasteiger partial charge < -0.3 is 5.32 Å². The van der Waals surface area contributed by atoms with E-state index < -0.39 is 0 Å². The Morgan fingerprint density at radius 1 is 0.571 bits per heavy atom. The van der Waals surface area contributed by atoms with E-state index in [1.54, 1.807) is 0 Å². The second kappa shape index (κ2) is 20.4. The number of benzene rings is 7. The minimum Gasteiger partial charge on any atom is -0.673 e. The van der Waals surface area contributed by atoms with Crippen molar-refractivity contribution >= 4 is 16.5 Å². The third-order valence-corrected chi connectivity index (χ3v) is 9.39. The average molecular weight is 807 g/mol. The van der Waals surface area contributed by atoms with Gasteiger partial charge in [-0.15, -0.1) is 46.8 Å². The molecule has 8 rings (SSSR count). The third kappa shape index (κ3) is 10.6. The number of hydrogen-bond donors (Lipinski definition) is 0. The van der Waals surface area contributed by atoms with E-state index >= 15 is 0 Å². The van der Waals surface area contributed by atoms with Crippen molar-refractivity contribution in [3.63, 3.8) is 0 Å². The predicted octanol–water partition coefficient (Wildman–Crippen LogP) is 14.3. The molecule has 0 saturated carbocycles. The topological polar surface area (TPSA) is 31.9 Å². The maximum atomic E-state index is 5.56.